The van der Waals surface area contributed by atoms with Crippen LogP contribution >= 0.6 is 22.9 Å². The lowest BCUT2D eigenvalue weighted by Gasteiger charge is -2.34. The first-order chi connectivity index (χ1) is 13.6. The van der Waals surface area contributed by atoms with Crippen molar-refractivity contribution in [1.29, 1.82) is 0 Å². The fourth-order valence-corrected chi connectivity index (χ4v) is 4.94. The third-order valence-corrected chi connectivity index (χ3v) is 6.63. The van der Waals surface area contributed by atoms with Crippen molar-refractivity contribution in [2.45, 2.75) is 25.8 Å². The van der Waals surface area contributed by atoms with Crippen LogP contribution in [0.3, 0.4) is 0 Å². The number of halogens is 1. The van der Waals surface area contributed by atoms with Crippen LogP contribution in [0.2, 0.25) is 4.34 Å². The molecule has 0 N–H and O–H groups in total. The van der Waals surface area contributed by atoms with Gasteiger partial charge in [-0.1, -0.05) is 23.7 Å². The average molecular weight is 418 g/mol. The molecule has 2 saturated heterocycles. The summed E-state index contributed by atoms with van der Waals surface area (Å²) in [6.07, 6.45) is 1.96. The maximum atomic E-state index is 12.7. The van der Waals surface area contributed by atoms with Gasteiger partial charge < -0.3 is 9.80 Å². The zero-order valence-corrected chi connectivity index (χ0v) is 17.3. The predicted octanol–water partition coefficient (Wildman–Crippen LogP) is 3.42. The number of benzene rings is 1. The number of carbonyl (C=O) groups is 2. The Hall–Kier alpha value is -1.89. The molecule has 0 atom stereocenters. The standard InChI is InChI=1S/C21H24ClN3O2S/c22-19-8-7-18(28-19)15-23-10-12-24(13-11-23)21(27)14-16-3-5-17(6-4-16)25-9-1-2-20(25)26/h3-8H,1-2,9-15H2. The Kier molecular flexibility index (Phi) is 5.99. The van der Waals surface area contributed by atoms with E-state index in [9.17, 15) is 9.59 Å². The Balaban J connectivity index is 1.27. The lowest BCUT2D eigenvalue weighted by atomic mass is 10.1. The summed E-state index contributed by atoms with van der Waals surface area (Å²) in [6, 6.07) is 11.9. The van der Waals surface area contributed by atoms with Gasteiger partial charge in [-0.25, -0.2) is 0 Å². The largest absolute Gasteiger partial charge is 0.340 e. The van der Waals surface area contributed by atoms with E-state index in [1.54, 1.807) is 11.3 Å². The van der Waals surface area contributed by atoms with Crippen LogP contribution in [0.15, 0.2) is 36.4 Å². The van der Waals surface area contributed by atoms with Crippen LogP contribution in [0.1, 0.15) is 23.3 Å². The molecular formula is C21H24ClN3O2S. The first kappa shape index (κ1) is 19.4. The lowest BCUT2D eigenvalue weighted by molar-refractivity contribution is -0.132. The Morgan fingerprint density at radius 2 is 1.75 bits per heavy atom. The Morgan fingerprint density at radius 3 is 2.36 bits per heavy atom. The summed E-state index contributed by atoms with van der Waals surface area (Å²) >= 11 is 7.62. The van der Waals surface area contributed by atoms with Crippen molar-refractivity contribution in [2.75, 3.05) is 37.6 Å². The highest BCUT2D eigenvalue weighted by atomic mass is 35.5. The summed E-state index contributed by atoms with van der Waals surface area (Å²) in [5, 5.41) is 0. The minimum Gasteiger partial charge on any atom is -0.340 e. The number of nitrogens with zero attached hydrogens (tertiary/aromatic N) is 3. The molecule has 1 aromatic heterocycles. The number of carbonyl (C=O) groups excluding carboxylic acids is 2. The molecule has 0 unspecified atom stereocenters. The number of hydrogen-bond donors (Lipinski definition) is 0. The summed E-state index contributed by atoms with van der Waals surface area (Å²) in [4.78, 5) is 31.9. The maximum absolute atomic E-state index is 12.7. The number of amides is 2. The molecule has 5 nitrogen and oxygen atoms in total. The third kappa shape index (κ3) is 4.57. The molecule has 0 radical (unpaired) electrons. The second-order valence-electron chi connectivity index (χ2n) is 7.35. The van der Waals surface area contributed by atoms with Crippen LogP contribution in [0, 0.1) is 0 Å². The van der Waals surface area contributed by atoms with Crippen molar-refractivity contribution >= 4 is 40.4 Å². The topological polar surface area (TPSA) is 43.9 Å². The number of piperazine rings is 1. The van der Waals surface area contributed by atoms with Gasteiger partial charge in [0.15, 0.2) is 0 Å². The highest BCUT2D eigenvalue weighted by Gasteiger charge is 2.23. The van der Waals surface area contributed by atoms with Crippen LogP contribution in [-0.2, 0) is 22.6 Å². The number of rotatable bonds is 5. The molecule has 4 rings (SSSR count). The molecule has 0 saturated carbocycles. The van der Waals surface area contributed by atoms with Crippen molar-refractivity contribution < 1.29 is 9.59 Å². The summed E-state index contributed by atoms with van der Waals surface area (Å²) in [6.45, 7) is 4.99. The van der Waals surface area contributed by atoms with Gasteiger partial charge in [-0.15, -0.1) is 11.3 Å². The van der Waals surface area contributed by atoms with Gasteiger partial charge in [0, 0.05) is 56.3 Å². The van der Waals surface area contributed by atoms with Crippen molar-refractivity contribution in [3.8, 4) is 0 Å². The quantitative estimate of drug-likeness (QED) is 0.748. The van der Waals surface area contributed by atoms with Gasteiger partial charge in [0.25, 0.3) is 0 Å². The average Bonchev–Trinajstić information content (AvgIpc) is 3.31. The van der Waals surface area contributed by atoms with Gasteiger partial charge >= 0.3 is 0 Å². The molecule has 2 aromatic rings. The summed E-state index contributed by atoms with van der Waals surface area (Å²) < 4.78 is 0.823. The molecule has 0 bridgehead atoms. The lowest BCUT2D eigenvalue weighted by Crippen LogP contribution is -2.48. The molecule has 2 amide bonds. The van der Waals surface area contributed by atoms with Gasteiger partial charge in [-0.3, -0.25) is 14.5 Å². The number of thiophene rings is 1. The number of hydrogen-bond acceptors (Lipinski definition) is 4. The van der Waals surface area contributed by atoms with E-state index in [2.05, 4.69) is 11.0 Å². The summed E-state index contributed by atoms with van der Waals surface area (Å²) in [5.41, 5.74) is 1.93. The van der Waals surface area contributed by atoms with Crippen molar-refractivity contribution in [3.63, 3.8) is 0 Å². The molecule has 2 aliphatic rings. The SMILES string of the molecule is O=C(Cc1ccc(N2CCCC2=O)cc1)N1CCN(Cc2ccc(Cl)s2)CC1. The molecule has 2 aliphatic heterocycles. The monoisotopic (exact) mass is 417 g/mol. The second kappa shape index (κ2) is 8.64. The van der Waals surface area contributed by atoms with Crippen LogP contribution in [0.5, 0.6) is 0 Å². The number of anilines is 1. The van der Waals surface area contributed by atoms with E-state index < -0.39 is 0 Å². The van der Waals surface area contributed by atoms with E-state index in [0.29, 0.717) is 12.8 Å². The van der Waals surface area contributed by atoms with Crippen LogP contribution < -0.4 is 4.90 Å². The van der Waals surface area contributed by atoms with E-state index in [4.69, 9.17) is 11.6 Å². The molecule has 2 fully saturated rings. The van der Waals surface area contributed by atoms with E-state index >= 15 is 0 Å². The smallest absolute Gasteiger partial charge is 0.227 e. The minimum absolute atomic E-state index is 0.170. The zero-order chi connectivity index (χ0) is 19.5. The van der Waals surface area contributed by atoms with E-state index in [1.165, 1.54) is 4.88 Å². The minimum atomic E-state index is 0.170. The van der Waals surface area contributed by atoms with Gasteiger partial charge in [-0.2, -0.15) is 0 Å². The first-order valence-corrected chi connectivity index (χ1v) is 10.9. The van der Waals surface area contributed by atoms with E-state index in [0.717, 1.165) is 61.3 Å². The molecule has 0 spiro atoms. The first-order valence-electron chi connectivity index (χ1n) is 9.72. The van der Waals surface area contributed by atoms with E-state index in [-0.39, 0.29) is 11.8 Å². The normalized spacial score (nSPS) is 18.1. The van der Waals surface area contributed by atoms with Crippen molar-refractivity contribution in [3.05, 3.63) is 51.2 Å². The van der Waals surface area contributed by atoms with E-state index in [1.807, 2.05) is 40.1 Å². The van der Waals surface area contributed by atoms with Gasteiger partial charge in [0.1, 0.15) is 0 Å². The van der Waals surface area contributed by atoms with Gasteiger partial charge in [0.2, 0.25) is 11.8 Å². The fraction of sp³-hybridized carbons (Fsp3) is 0.429. The maximum Gasteiger partial charge on any atom is 0.227 e. The Bertz CT molecular complexity index is 844. The Morgan fingerprint density at radius 1 is 1.00 bits per heavy atom. The molecule has 148 valence electrons. The zero-order valence-electron chi connectivity index (χ0n) is 15.8. The second-order valence-corrected chi connectivity index (χ2v) is 9.15. The Labute approximate surface area is 174 Å². The molecule has 3 heterocycles. The molecule has 28 heavy (non-hydrogen) atoms. The summed E-state index contributed by atoms with van der Waals surface area (Å²) in [7, 11) is 0. The molecule has 0 aliphatic carbocycles. The van der Waals surface area contributed by atoms with Crippen molar-refractivity contribution in [2.24, 2.45) is 0 Å². The molecule has 1 aromatic carbocycles. The molecular weight excluding hydrogens is 394 g/mol. The third-order valence-electron chi connectivity index (χ3n) is 5.41. The fourth-order valence-electron chi connectivity index (χ4n) is 3.81. The predicted molar refractivity (Wildman–Crippen MR) is 113 cm³/mol. The highest BCUT2D eigenvalue weighted by Crippen LogP contribution is 2.24. The highest BCUT2D eigenvalue weighted by molar-refractivity contribution is 7.16. The van der Waals surface area contributed by atoms with Gasteiger partial charge in [-0.05, 0) is 36.2 Å². The molecule has 7 heteroatoms. The van der Waals surface area contributed by atoms with Gasteiger partial charge in [0.05, 0.1) is 10.8 Å². The van der Waals surface area contributed by atoms with Crippen LogP contribution in [-0.4, -0.2) is 54.3 Å². The van der Waals surface area contributed by atoms with Crippen LogP contribution in [0.25, 0.3) is 0 Å². The van der Waals surface area contributed by atoms with Crippen molar-refractivity contribution in [1.82, 2.24) is 9.80 Å². The summed E-state index contributed by atoms with van der Waals surface area (Å²) in [5.74, 6) is 0.357. The van der Waals surface area contributed by atoms with Crippen LogP contribution in [0.4, 0.5) is 5.69 Å².